The summed E-state index contributed by atoms with van der Waals surface area (Å²) in [6, 6.07) is 13.1. The summed E-state index contributed by atoms with van der Waals surface area (Å²) in [5.74, 6) is 0.147. The van der Waals surface area contributed by atoms with E-state index in [1.165, 1.54) is 0 Å². The molecule has 0 radical (unpaired) electrons. The first-order valence-electron chi connectivity index (χ1n) is 7.22. The van der Waals surface area contributed by atoms with Crippen LogP contribution >= 0.6 is 0 Å². The topological polar surface area (TPSA) is 61.9 Å². The number of nitrogens with zero attached hydrogens (tertiary/aromatic N) is 4. The number of para-hydroxylation sites is 2. The average molecular weight is 306 g/mol. The van der Waals surface area contributed by atoms with E-state index >= 15 is 0 Å². The molecule has 2 heterocycles. The molecule has 0 aliphatic carbocycles. The highest BCUT2D eigenvalue weighted by Gasteiger charge is 2.10. The predicted octanol–water partition coefficient (Wildman–Crippen LogP) is 2.53. The molecule has 0 aliphatic heterocycles. The van der Waals surface area contributed by atoms with E-state index in [-0.39, 0.29) is 12.5 Å². The Balaban J connectivity index is 1.54. The third kappa shape index (κ3) is 2.44. The molecular weight excluding hydrogens is 292 g/mol. The highest BCUT2D eigenvalue weighted by atomic mass is 16.5. The standard InChI is InChI=1S/C17H14N4O2/c1-20-10-18-14-8-12(6-7-15(14)20)23-17(22)9-21-11-19-13-4-2-3-5-16(13)21/h2-8,10-11H,9H2,1H3. The van der Waals surface area contributed by atoms with Crippen molar-refractivity contribution in [2.24, 2.45) is 7.05 Å². The summed E-state index contributed by atoms with van der Waals surface area (Å²) in [6.07, 6.45) is 3.38. The summed E-state index contributed by atoms with van der Waals surface area (Å²) < 4.78 is 9.11. The highest BCUT2D eigenvalue weighted by Crippen LogP contribution is 2.20. The van der Waals surface area contributed by atoms with Crippen molar-refractivity contribution in [2.75, 3.05) is 0 Å². The fraction of sp³-hybridized carbons (Fsp3) is 0.118. The van der Waals surface area contributed by atoms with Crippen molar-refractivity contribution >= 4 is 28.0 Å². The Bertz CT molecular complexity index is 1020. The van der Waals surface area contributed by atoms with E-state index in [1.54, 1.807) is 29.4 Å². The van der Waals surface area contributed by atoms with Gasteiger partial charge in [0.25, 0.3) is 0 Å². The number of imidazole rings is 2. The Labute approximate surface area is 131 Å². The van der Waals surface area contributed by atoms with Crippen molar-refractivity contribution in [3.63, 3.8) is 0 Å². The second-order valence-corrected chi connectivity index (χ2v) is 5.34. The fourth-order valence-corrected chi connectivity index (χ4v) is 2.62. The SMILES string of the molecule is Cn1cnc2cc(OC(=O)Cn3cnc4ccccc43)ccc21. The van der Waals surface area contributed by atoms with Crippen molar-refractivity contribution in [1.82, 2.24) is 19.1 Å². The van der Waals surface area contributed by atoms with Crippen LogP contribution in [-0.4, -0.2) is 25.1 Å². The van der Waals surface area contributed by atoms with E-state index in [2.05, 4.69) is 9.97 Å². The number of ether oxygens (including phenoxy) is 1. The summed E-state index contributed by atoms with van der Waals surface area (Å²) >= 11 is 0. The molecule has 114 valence electrons. The lowest BCUT2D eigenvalue weighted by Gasteiger charge is -2.06. The number of esters is 1. The summed E-state index contributed by atoms with van der Waals surface area (Å²) in [5.41, 5.74) is 3.55. The normalized spacial score (nSPS) is 11.2. The quantitative estimate of drug-likeness (QED) is 0.431. The number of fused-ring (bicyclic) bond motifs is 2. The van der Waals surface area contributed by atoms with Crippen LogP contribution in [0.2, 0.25) is 0 Å². The third-order valence-corrected chi connectivity index (χ3v) is 3.76. The molecular formula is C17H14N4O2. The van der Waals surface area contributed by atoms with Gasteiger partial charge in [-0.1, -0.05) is 12.1 Å². The van der Waals surface area contributed by atoms with Gasteiger partial charge in [0.05, 0.1) is 34.7 Å². The molecule has 0 unspecified atom stereocenters. The number of carbonyl (C=O) groups is 1. The van der Waals surface area contributed by atoms with Crippen molar-refractivity contribution in [3.05, 3.63) is 55.1 Å². The lowest BCUT2D eigenvalue weighted by molar-refractivity contribution is -0.134. The Kier molecular flexibility index (Phi) is 3.08. The smallest absolute Gasteiger partial charge is 0.331 e. The van der Waals surface area contributed by atoms with Crippen LogP contribution in [0, 0.1) is 0 Å². The Morgan fingerprint density at radius 2 is 1.87 bits per heavy atom. The van der Waals surface area contributed by atoms with Gasteiger partial charge in [-0.2, -0.15) is 0 Å². The van der Waals surface area contributed by atoms with Gasteiger partial charge in [-0.15, -0.1) is 0 Å². The summed E-state index contributed by atoms with van der Waals surface area (Å²) in [4.78, 5) is 20.7. The van der Waals surface area contributed by atoms with Crippen molar-refractivity contribution < 1.29 is 9.53 Å². The molecule has 23 heavy (non-hydrogen) atoms. The third-order valence-electron chi connectivity index (χ3n) is 3.76. The van der Waals surface area contributed by atoms with Gasteiger partial charge >= 0.3 is 5.97 Å². The molecule has 0 bridgehead atoms. The van der Waals surface area contributed by atoms with Crippen molar-refractivity contribution in [3.8, 4) is 5.75 Å². The van der Waals surface area contributed by atoms with E-state index in [1.807, 2.05) is 41.9 Å². The zero-order chi connectivity index (χ0) is 15.8. The second kappa shape index (κ2) is 5.24. The molecule has 0 atom stereocenters. The van der Waals surface area contributed by atoms with Gasteiger partial charge in [0.1, 0.15) is 12.3 Å². The number of aryl methyl sites for hydroxylation is 1. The molecule has 6 heteroatoms. The van der Waals surface area contributed by atoms with Gasteiger partial charge < -0.3 is 13.9 Å². The molecule has 4 aromatic rings. The highest BCUT2D eigenvalue weighted by molar-refractivity contribution is 5.81. The van der Waals surface area contributed by atoms with Crippen LogP contribution in [0.3, 0.4) is 0 Å². The lowest BCUT2D eigenvalue weighted by atomic mass is 10.3. The number of carbonyl (C=O) groups excluding carboxylic acids is 1. The minimum Gasteiger partial charge on any atom is -0.425 e. The lowest BCUT2D eigenvalue weighted by Crippen LogP contribution is -2.15. The Morgan fingerprint density at radius 1 is 1.04 bits per heavy atom. The average Bonchev–Trinajstić information content (AvgIpc) is 3.12. The predicted molar refractivity (Wildman–Crippen MR) is 86.1 cm³/mol. The van der Waals surface area contributed by atoms with Crippen LogP contribution in [0.25, 0.3) is 22.1 Å². The van der Waals surface area contributed by atoms with E-state index in [9.17, 15) is 4.79 Å². The first kappa shape index (κ1) is 13.5. The van der Waals surface area contributed by atoms with Crippen LogP contribution in [0.15, 0.2) is 55.1 Å². The van der Waals surface area contributed by atoms with Gasteiger partial charge in [-0.05, 0) is 24.3 Å². The van der Waals surface area contributed by atoms with Crippen molar-refractivity contribution in [1.29, 1.82) is 0 Å². The molecule has 0 saturated carbocycles. The molecule has 0 amide bonds. The largest absolute Gasteiger partial charge is 0.425 e. The monoisotopic (exact) mass is 306 g/mol. The molecule has 0 saturated heterocycles. The molecule has 6 nitrogen and oxygen atoms in total. The number of aromatic nitrogens is 4. The number of benzene rings is 2. The Morgan fingerprint density at radius 3 is 2.78 bits per heavy atom. The maximum absolute atomic E-state index is 12.2. The first-order chi connectivity index (χ1) is 11.2. The van der Waals surface area contributed by atoms with Gasteiger partial charge in [-0.3, -0.25) is 0 Å². The fourth-order valence-electron chi connectivity index (χ4n) is 2.62. The minimum absolute atomic E-state index is 0.112. The number of rotatable bonds is 3. The van der Waals surface area contributed by atoms with E-state index < -0.39 is 0 Å². The molecule has 0 spiro atoms. The van der Waals surface area contributed by atoms with E-state index in [4.69, 9.17) is 4.74 Å². The van der Waals surface area contributed by atoms with E-state index in [0.29, 0.717) is 5.75 Å². The molecule has 2 aromatic heterocycles. The van der Waals surface area contributed by atoms with Crippen LogP contribution in [-0.2, 0) is 18.4 Å². The summed E-state index contributed by atoms with van der Waals surface area (Å²) in [5, 5.41) is 0. The minimum atomic E-state index is -0.344. The molecule has 0 aliphatic rings. The van der Waals surface area contributed by atoms with Crippen LogP contribution in [0.4, 0.5) is 0 Å². The van der Waals surface area contributed by atoms with E-state index in [0.717, 1.165) is 22.1 Å². The van der Waals surface area contributed by atoms with Gasteiger partial charge in [0.2, 0.25) is 0 Å². The number of hydrogen-bond acceptors (Lipinski definition) is 4. The maximum Gasteiger partial charge on any atom is 0.331 e. The molecule has 4 rings (SSSR count). The summed E-state index contributed by atoms with van der Waals surface area (Å²) in [7, 11) is 1.92. The summed E-state index contributed by atoms with van der Waals surface area (Å²) in [6.45, 7) is 0.112. The molecule has 0 N–H and O–H groups in total. The second-order valence-electron chi connectivity index (χ2n) is 5.34. The molecule has 0 fully saturated rings. The van der Waals surface area contributed by atoms with Crippen molar-refractivity contribution in [2.45, 2.75) is 6.54 Å². The zero-order valence-electron chi connectivity index (χ0n) is 12.5. The van der Waals surface area contributed by atoms with Crippen LogP contribution < -0.4 is 4.74 Å². The van der Waals surface area contributed by atoms with Gasteiger partial charge in [0, 0.05) is 13.1 Å². The van der Waals surface area contributed by atoms with Gasteiger partial charge in [-0.25, -0.2) is 14.8 Å². The maximum atomic E-state index is 12.2. The Hall–Kier alpha value is -3.15. The van der Waals surface area contributed by atoms with Crippen LogP contribution in [0.1, 0.15) is 0 Å². The molecule has 2 aromatic carbocycles. The van der Waals surface area contributed by atoms with Crippen LogP contribution in [0.5, 0.6) is 5.75 Å². The first-order valence-corrected chi connectivity index (χ1v) is 7.22. The van der Waals surface area contributed by atoms with Gasteiger partial charge in [0.15, 0.2) is 0 Å². The number of hydrogen-bond donors (Lipinski definition) is 0. The zero-order valence-corrected chi connectivity index (χ0v) is 12.5.